The Labute approximate surface area is 260 Å². The van der Waals surface area contributed by atoms with Crippen LogP contribution in [0.4, 0.5) is 15.0 Å². The van der Waals surface area contributed by atoms with Crippen molar-refractivity contribution in [2.45, 2.75) is 65.5 Å². The molecule has 4 aromatic rings. The molecule has 44 heavy (non-hydrogen) atoms. The molecule has 11 heteroatoms. The number of ether oxygens (including phenoxy) is 1. The maximum absolute atomic E-state index is 15.1. The Hall–Kier alpha value is -4.18. The third-order valence-corrected chi connectivity index (χ3v) is 7.82. The summed E-state index contributed by atoms with van der Waals surface area (Å²) in [6.45, 7) is 14.6. The molecule has 9 nitrogen and oxygen atoms in total. The highest BCUT2D eigenvalue weighted by Gasteiger charge is 2.33. The minimum absolute atomic E-state index is 0.00361. The molecule has 1 atom stereocenters. The average Bonchev–Trinajstić information content (AvgIpc) is 2.92. The largest absolute Gasteiger partial charge is 0.507 e. The molecule has 1 amide bonds. The number of phenolic OH excluding ortho intramolecular Hbond substituents is 1. The number of amides is 1. The highest BCUT2D eigenvalue weighted by atomic mass is 35.5. The van der Waals surface area contributed by atoms with Crippen LogP contribution in [0.3, 0.4) is 0 Å². The lowest BCUT2D eigenvalue weighted by Crippen LogP contribution is -2.55. The lowest BCUT2D eigenvalue weighted by molar-refractivity contribution is 0.0218. The quantitative estimate of drug-likeness (QED) is 0.272. The van der Waals surface area contributed by atoms with Crippen LogP contribution in [0.25, 0.3) is 28.0 Å². The van der Waals surface area contributed by atoms with Crippen LogP contribution in [-0.2, 0) is 10.2 Å². The zero-order valence-corrected chi connectivity index (χ0v) is 26.7. The van der Waals surface area contributed by atoms with Crippen molar-refractivity contribution in [2.24, 2.45) is 0 Å². The van der Waals surface area contributed by atoms with E-state index in [9.17, 15) is 14.7 Å². The highest BCUT2D eigenvalue weighted by molar-refractivity contribution is 6.34. The first-order valence-corrected chi connectivity index (χ1v) is 14.9. The molecule has 2 aromatic carbocycles. The lowest BCUT2D eigenvalue weighted by Gasteiger charge is -2.41. The number of aromatic nitrogens is 3. The van der Waals surface area contributed by atoms with Crippen LogP contribution >= 0.6 is 11.6 Å². The van der Waals surface area contributed by atoms with E-state index in [1.165, 1.54) is 22.8 Å². The molecule has 1 aliphatic rings. The molecule has 2 aromatic heterocycles. The van der Waals surface area contributed by atoms with Gasteiger partial charge in [0.15, 0.2) is 5.65 Å². The van der Waals surface area contributed by atoms with Gasteiger partial charge in [-0.05, 0) is 62.9 Å². The number of carbonyl (C=O) groups excluding carboxylic acids is 1. The van der Waals surface area contributed by atoms with E-state index < -0.39 is 23.2 Å². The van der Waals surface area contributed by atoms with Crippen LogP contribution in [-0.4, -0.2) is 61.9 Å². The second-order valence-electron chi connectivity index (χ2n) is 13.1. The van der Waals surface area contributed by atoms with Crippen LogP contribution in [0.1, 0.15) is 54.0 Å². The van der Waals surface area contributed by atoms with Gasteiger partial charge in [0.1, 0.15) is 23.0 Å². The standard InChI is InChI=1S/C33H37ClFN5O4/c1-19-18-38(31(43)44-33(5,6)7)15-16-39(19)28-20-17-22(34)27(26-23(35)12-10-14-25(26)41)36-29(20)40(30(42)37-28)24-13-9-8-11-21(24)32(2,3)4/h8-14,17,19,41H,15-16,18H2,1-7H3. The number of fused-ring (bicyclic) bond motifs is 1. The summed E-state index contributed by atoms with van der Waals surface area (Å²) in [5.41, 5.74) is -0.0522. The molecule has 3 heterocycles. The number of nitrogens with zero attached hydrogens (tertiary/aromatic N) is 5. The lowest BCUT2D eigenvalue weighted by atomic mass is 9.85. The van der Waals surface area contributed by atoms with Gasteiger partial charge >= 0.3 is 11.8 Å². The number of piperazine rings is 1. The van der Waals surface area contributed by atoms with E-state index in [0.29, 0.717) is 36.5 Å². The Bertz CT molecular complexity index is 1790. The number of anilines is 1. The first kappa shape index (κ1) is 31.3. The topological polar surface area (TPSA) is 101 Å². The van der Waals surface area contributed by atoms with Crippen LogP contribution in [0.15, 0.2) is 53.3 Å². The summed E-state index contributed by atoms with van der Waals surface area (Å²) in [6, 6.07) is 12.8. The highest BCUT2D eigenvalue weighted by Crippen LogP contribution is 2.39. The Balaban J connectivity index is 1.73. The maximum Gasteiger partial charge on any atom is 0.410 e. The zero-order chi connectivity index (χ0) is 32.1. The van der Waals surface area contributed by atoms with Gasteiger partial charge in [-0.2, -0.15) is 4.98 Å². The van der Waals surface area contributed by atoms with Gasteiger partial charge in [0, 0.05) is 25.7 Å². The predicted octanol–water partition coefficient (Wildman–Crippen LogP) is 6.69. The molecule has 1 N–H and O–H groups in total. The number of hydrogen-bond donors (Lipinski definition) is 1. The van der Waals surface area contributed by atoms with Crippen molar-refractivity contribution in [3.63, 3.8) is 0 Å². The molecule has 1 saturated heterocycles. The number of carbonyl (C=O) groups is 1. The monoisotopic (exact) mass is 621 g/mol. The molecule has 0 saturated carbocycles. The fourth-order valence-electron chi connectivity index (χ4n) is 5.53. The molecule has 0 spiro atoms. The van der Waals surface area contributed by atoms with Crippen molar-refractivity contribution in [2.75, 3.05) is 24.5 Å². The number of pyridine rings is 1. The van der Waals surface area contributed by atoms with E-state index in [0.717, 1.165) is 5.56 Å². The average molecular weight is 622 g/mol. The smallest absolute Gasteiger partial charge is 0.410 e. The Morgan fingerprint density at radius 2 is 1.75 bits per heavy atom. The summed E-state index contributed by atoms with van der Waals surface area (Å²) in [6.07, 6.45) is -0.407. The molecule has 0 radical (unpaired) electrons. The van der Waals surface area contributed by atoms with Crippen LogP contribution in [0.2, 0.25) is 5.02 Å². The van der Waals surface area contributed by atoms with Gasteiger partial charge in [0.25, 0.3) is 0 Å². The summed E-state index contributed by atoms with van der Waals surface area (Å²) in [5.74, 6) is -0.683. The minimum Gasteiger partial charge on any atom is -0.507 e. The summed E-state index contributed by atoms with van der Waals surface area (Å²) in [4.78, 5) is 39.7. The summed E-state index contributed by atoms with van der Waals surface area (Å²) in [5, 5.41) is 11.1. The Morgan fingerprint density at radius 1 is 1.05 bits per heavy atom. The van der Waals surface area contributed by atoms with E-state index >= 15 is 4.39 Å². The SMILES string of the molecule is CC1CN(C(=O)OC(C)(C)C)CCN1c1nc(=O)n(-c2ccccc2C(C)(C)C)c2nc(-c3c(O)cccc3F)c(Cl)cc12. The van der Waals surface area contributed by atoms with E-state index in [1.54, 1.807) is 11.0 Å². The molecule has 1 unspecified atom stereocenters. The normalized spacial score (nSPS) is 16.0. The number of phenols is 1. The first-order chi connectivity index (χ1) is 20.6. The van der Waals surface area contributed by atoms with Gasteiger partial charge < -0.3 is 19.6 Å². The number of benzene rings is 2. The van der Waals surface area contributed by atoms with Gasteiger partial charge in [-0.25, -0.2) is 23.5 Å². The number of para-hydroxylation sites is 1. The van der Waals surface area contributed by atoms with Crippen molar-refractivity contribution in [1.29, 1.82) is 0 Å². The van der Waals surface area contributed by atoms with E-state index in [1.807, 2.05) is 77.6 Å². The van der Waals surface area contributed by atoms with Gasteiger partial charge in [-0.3, -0.25) is 0 Å². The zero-order valence-electron chi connectivity index (χ0n) is 26.0. The van der Waals surface area contributed by atoms with Crippen molar-refractivity contribution < 1.29 is 19.0 Å². The summed E-state index contributed by atoms with van der Waals surface area (Å²) < 4.78 is 22.1. The minimum atomic E-state index is -0.705. The summed E-state index contributed by atoms with van der Waals surface area (Å²) >= 11 is 6.75. The molecular formula is C33H37ClFN5O4. The first-order valence-electron chi connectivity index (χ1n) is 14.5. The second kappa shape index (κ2) is 11.4. The van der Waals surface area contributed by atoms with Crippen LogP contribution in [0.5, 0.6) is 5.75 Å². The van der Waals surface area contributed by atoms with Gasteiger partial charge in [0.05, 0.1) is 27.4 Å². The van der Waals surface area contributed by atoms with E-state index in [-0.39, 0.29) is 39.1 Å². The van der Waals surface area contributed by atoms with E-state index in [4.69, 9.17) is 21.3 Å². The molecule has 1 aliphatic heterocycles. The van der Waals surface area contributed by atoms with Crippen molar-refractivity contribution in [1.82, 2.24) is 19.4 Å². The second-order valence-corrected chi connectivity index (χ2v) is 13.5. The predicted molar refractivity (Wildman–Crippen MR) is 171 cm³/mol. The molecule has 0 bridgehead atoms. The van der Waals surface area contributed by atoms with Gasteiger partial charge in [-0.15, -0.1) is 0 Å². The molecule has 0 aliphatic carbocycles. The number of hydrogen-bond acceptors (Lipinski definition) is 7. The van der Waals surface area contributed by atoms with Crippen molar-refractivity contribution in [3.05, 3.63) is 75.4 Å². The van der Waals surface area contributed by atoms with Crippen LogP contribution in [0, 0.1) is 5.82 Å². The Morgan fingerprint density at radius 3 is 2.39 bits per heavy atom. The van der Waals surface area contributed by atoms with Crippen molar-refractivity contribution in [3.8, 4) is 22.7 Å². The fourth-order valence-corrected chi connectivity index (χ4v) is 5.78. The third-order valence-electron chi connectivity index (χ3n) is 7.53. The molecule has 5 rings (SSSR count). The summed E-state index contributed by atoms with van der Waals surface area (Å²) in [7, 11) is 0. The number of aromatic hydroxyl groups is 1. The van der Waals surface area contributed by atoms with Gasteiger partial charge in [0.2, 0.25) is 0 Å². The number of halogens is 2. The number of rotatable bonds is 3. The molecular weight excluding hydrogens is 585 g/mol. The van der Waals surface area contributed by atoms with E-state index in [2.05, 4.69) is 4.98 Å². The third kappa shape index (κ3) is 5.95. The van der Waals surface area contributed by atoms with Gasteiger partial charge in [-0.1, -0.05) is 56.6 Å². The maximum atomic E-state index is 15.1. The van der Waals surface area contributed by atoms with Crippen LogP contribution < -0.4 is 10.6 Å². The Kier molecular flexibility index (Phi) is 8.09. The van der Waals surface area contributed by atoms with Crippen molar-refractivity contribution >= 4 is 34.5 Å². The fraction of sp³-hybridized carbons (Fsp3) is 0.394. The molecule has 1 fully saturated rings. The molecule has 232 valence electrons.